The Bertz CT molecular complexity index is 1040. The topological polar surface area (TPSA) is 121 Å². The van der Waals surface area contributed by atoms with Gasteiger partial charge < -0.3 is 9.90 Å². The summed E-state index contributed by atoms with van der Waals surface area (Å²) < 4.78 is 51.9. The Morgan fingerprint density at radius 3 is 2.46 bits per heavy atom. The highest BCUT2D eigenvalue weighted by Gasteiger charge is 2.36. The monoisotopic (exact) mass is 396 g/mol. The molecule has 0 saturated carbocycles. The summed E-state index contributed by atoms with van der Waals surface area (Å²) in [5.41, 5.74) is 0.286. The van der Waals surface area contributed by atoms with E-state index >= 15 is 0 Å². The number of anilines is 1. The Kier molecular flexibility index (Phi) is 4.74. The molecule has 0 radical (unpaired) electrons. The number of benzene rings is 2. The van der Waals surface area contributed by atoms with Gasteiger partial charge in [0, 0.05) is 0 Å². The standard InChI is InChI=1S/C16H16N2O6S2/c19-10-13-9-18(26(23,24)17-13)15-7-6-12(8-16(15)20)11-25(21,22)14-4-2-1-3-5-14/h1-8,10,13,17,20H,9,11H2. The zero-order valence-electron chi connectivity index (χ0n) is 13.4. The summed E-state index contributed by atoms with van der Waals surface area (Å²) in [5, 5.41) is 10.2. The molecule has 1 aliphatic heterocycles. The van der Waals surface area contributed by atoms with Crippen LogP contribution in [0.4, 0.5) is 5.69 Å². The highest BCUT2D eigenvalue weighted by molar-refractivity contribution is 7.91. The third-order valence-corrected chi connectivity index (χ3v) is 7.12. The van der Waals surface area contributed by atoms with Crippen molar-refractivity contribution in [3.63, 3.8) is 0 Å². The second-order valence-corrected chi connectivity index (χ2v) is 9.41. The predicted octanol–water partition coefficient (Wildman–Crippen LogP) is 0.588. The Balaban J connectivity index is 1.88. The summed E-state index contributed by atoms with van der Waals surface area (Å²) >= 11 is 0. The molecule has 0 aromatic heterocycles. The number of aromatic hydroxyl groups is 1. The number of nitrogens with one attached hydrogen (secondary N) is 1. The maximum absolute atomic E-state index is 12.4. The van der Waals surface area contributed by atoms with Crippen molar-refractivity contribution in [3.8, 4) is 5.75 Å². The molecule has 0 bridgehead atoms. The fraction of sp³-hybridized carbons (Fsp3) is 0.188. The Morgan fingerprint density at radius 2 is 1.88 bits per heavy atom. The van der Waals surface area contributed by atoms with Crippen molar-refractivity contribution >= 4 is 32.0 Å². The van der Waals surface area contributed by atoms with Crippen molar-refractivity contribution < 1.29 is 26.7 Å². The van der Waals surface area contributed by atoms with Gasteiger partial charge in [0.05, 0.1) is 28.9 Å². The van der Waals surface area contributed by atoms with Crippen LogP contribution >= 0.6 is 0 Å². The van der Waals surface area contributed by atoms with Crippen LogP contribution in [0.5, 0.6) is 5.75 Å². The largest absolute Gasteiger partial charge is 0.506 e. The fourth-order valence-corrected chi connectivity index (χ4v) is 5.43. The van der Waals surface area contributed by atoms with Crippen molar-refractivity contribution in [1.29, 1.82) is 0 Å². The number of carbonyl (C=O) groups is 1. The van der Waals surface area contributed by atoms with E-state index in [2.05, 4.69) is 4.72 Å². The average molecular weight is 396 g/mol. The zero-order chi connectivity index (χ0) is 18.9. The molecule has 10 heteroatoms. The molecule has 2 aromatic rings. The minimum atomic E-state index is -3.94. The van der Waals surface area contributed by atoms with Crippen LogP contribution in [0.15, 0.2) is 53.4 Å². The van der Waals surface area contributed by atoms with Crippen LogP contribution in [0.25, 0.3) is 0 Å². The third-order valence-electron chi connectivity index (χ3n) is 3.88. The van der Waals surface area contributed by atoms with Crippen molar-refractivity contribution in [1.82, 2.24) is 4.72 Å². The van der Waals surface area contributed by atoms with E-state index in [0.29, 0.717) is 11.8 Å². The lowest BCUT2D eigenvalue weighted by molar-refractivity contribution is -0.108. The molecule has 0 aliphatic carbocycles. The number of phenols is 1. The molecule has 1 saturated heterocycles. The SMILES string of the molecule is O=CC1CN(c2ccc(CS(=O)(=O)c3ccccc3)cc2O)S(=O)(=O)N1. The van der Waals surface area contributed by atoms with Gasteiger partial charge in [-0.3, -0.25) is 4.31 Å². The van der Waals surface area contributed by atoms with E-state index in [1.165, 1.54) is 30.3 Å². The van der Waals surface area contributed by atoms with Gasteiger partial charge in [-0.2, -0.15) is 13.1 Å². The van der Waals surface area contributed by atoms with E-state index in [9.17, 15) is 26.7 Å². The Labute approximate surface area is 151 Å². The van der Waals surface area contributed by atoms with Crippen molar-refractivity contribution in [3.05, 3.63) is 54.1 Å². The van der Waals surface area contributed by atoms with Gasteiger partial charge in [0.25, 0.3) is 0 Å². The zero-order valence-corrected chi connectivity index (χ0v) is 15.1. The molecule has 1 aliphatic rings. The van der Waals surface area contributed by atoms with Crippen LogP contribution in [0.2, 0.25) is 0 Å². The first-order valence-electron chi connectivity index (χ1n) is 7.58. The maximum Gasteiger partial charge on any atom is 0.302 e. The number of rotatable bonds is 5. The molecular weight excluding hydrogens is 380 g/mol. The van der Waals surface area contributed by atoms with Gasteiger partial charge in [-0.1, -0.05) is 24.3 Å². The molecule has 26 heavy (non-hydrogen) atoms. The second-order valence-electron chi connectivity index (χ2n) is 5.79. The van der Waals surface area contributed by atoms with Gasteiger partial charge in [-0.05, 0) is 29.8 Å². The van der Waals surface area contributed by atoms with E-state index < -0.39 is 26.1 Å². The van der Waals surface area contributed by atoms with E-state index in [1.54, 1.807) is 18.2 Å². The molecule has 0 amide bonds. The lowest BCUT2D eigenvalue weighted by atomic mass is 10.2. The number of hydrogen-bond acceptors (Lipinski definition) is 6. The Morgan fingerprint density at radius 1 is 1.19 bits per heavy atom. The summed E-state index contributed by atoms with van der Waals surface area (Å²) in [5.74, 6) is -0.727. The van der Waals surface area contributed by atoms with E-state index in [1.807, 2.05) is 0 Å². The van der Waals surface area contributed by atoms with Gasteiger partial charge in [0.15, 0.2) is 9.84 Å². The number of nitrogens with zero attached hydrogens (tertiary/aromatic N) is 1. The first-order valence-corrected chi connectivity index (χ1v) is 10.7. The number of carbonyl (C=O) groups excluding carboxylic acids is 1. The summed E-state index contributed by atoms with van der Waals surface area (Å²) in [6, 6.07) is 10.9. The maximum atomic E-state index is 12.4. The summed E-state index contributed by atoms with van der Waals surface area (Å²) in [7, 11) is -7.54. The van der Waals surface area contributed by atoms with Gasteiger partial charge in [0.1, 0.15) is 12.0 Å². The molecule has 1 fully saturated rings. The summed E-state index contributed by atoms with van der Waals surface area (Å²) in [4.78, 5) is 11.0. The molecule has 1 unspecified atom stereocenters. The highest BCUT2D eigenvalue weighted by Crippen LogP contribution is 2.32. The first-order chi connectivity index (χ1) is 12.2. The number of phenolic OH excluding ortho intramolecular Hbond substituents is 1. The van der Waals surface area contributed by atoms with Crippen LogP contribution in [-0.2, 0) is 30.6 Å². The van der Waals surface area contributed by atoms with Gasteiger partial charge in [0.2, 0.25) is 0 Å². The van der Waals surface area contributed by atoms with Crippen LogP contribution in [0, 0.1) is 0 Å². The summed E-state index contributed by atoms with van der Waals surface area (Å²) in [6.45, 7) is -0.152. The van der Waals surface area contributed by atoms with E-state index in [-0.39, 0.29) is 28.6 Å². The number of aldehydes is 1. The van der Waals surface area contributed by atoms with Crippen molar-refractivity contribution in [2.75, 3.05) is 10.8 Å². The molecule has 2 N–H and O–H groups in total. The minimum absolute atomic E-state index is 0.0253. The van der Waals surface area contributed by atoms with Crippen LogP contribution in [0.1, 0.15) is 5.56 Å². The molecule has 0 spiro atoms. The smallest absolute Gasteiger partial charge is 0.302 e. The van der Waals surface area contributed by atoms with E-state index in [4.69, 9.17) is 0 Å². The summed E-state index contributed by atoms with van der Waals surface area (Å²) in [6.07, 6.45) is 0.468. The molecule has 1 atom stereocenters. The van der Waals surface area contributed by atoms with Gasteiger partial charge in [-0.15, -0.1) is 0 Å². The normalized spacial score (nSPS) is 19.4. The molecule has 138 valence electrons. The quantitative estimate of drug-likeness (QED) is 0.714. The Hall–Kier alpha value is -2.43. The minimum Gasteiger partial charge on any atom is -0.506 e. The molecule has 8 nitrogen and oxygen atoms in total. The molecular formula is C16H16N2O6S2. The van der Waals surface area contributed by atoms with Crippen LogP contribution in [-0.4, -0.2) is 40.8 Å². The lowest BCUT2D eigenvalue weighted by Crippen LogP contribution is -2.30. The average Bonchev–Trinajstić information content (AvgIpc) is 2.90. The van der Waals surface area contributed by atoms with Crippen molar-refractivity contribution in [2.45, 2.75) is 16.7 Å². The fourth-order valence-electron chi connectivity index (χ4n) is 2.67. The second kappa shape index (κ2) is 6.71. The number of sulfone groups is 1. The van der Waals surface area contributed by atoms with Crippen molar-refractivity contribution in [2.24, 2.45) is 0 Å². The van der Waals surface area contributed by atoms with E-state index in [0.717, 1.165) is 4.31 Å². The van der Waals surface area contributed by atoms with Crippen LogP contribution < -0.4 is 9.03 Å². The number of hydrogen-bond donors (Lipinski definition) is 2. The van der Waals surface area contributed by atoms with Gasteiger partial charge >= 0.3 is 10.2 Å². The highest BCUT2D eigenvalue weighted by atomic mass is 32.2. The first kappa shape index (κ1) is 18.4. The molecule has 2 aromatic carbocycles. The lowest BCUT2D eigenvalue weighted by Gasteiger charge is -2.17. The third kappa shape index (κ3) is 3.57. The predicted molar refractivity (Wildman–Crippen MR) is 94.7 cm³/mol. The molecule has 3 rings (SSSR count). The van der Waals surface area contributed by atoms with Gasteiger partial charge in [-0.25, -0.2) is 8.42 Å². The molecule has 1 heterocycles. The van der Waals surface area contributed by atoms with Crippen LogP contribution in [0.3, 0.4) is 0 Å².